The summed E-state index contributed by atoms with van der Waals surface area (Å²) in [4.78, 5) is 2.37. The third-order valence-electron chi connectivity index (χ3n) is 3.78. The van der Waals surface area contributed by atoms with E-state index in [0.717, 1.165) is 43.9 Å². The van der Waals surface area contributed by atoms with Gasteiger partial charge < -0.3 is 4.90 Å². The van der Waals surface area contributed by atoms with Crippen LogP contribution in [0, 0.1) is 0 Å². The van der Waals surface area contributed by atoms with Gasteiger partial charge in [-0.1, -0.05) is 23.7 Å². The highest BCUT2D eigenvalue weighted by Gasteiger charge is 2.22. The Bertz CT molecular complexity index is 557. The van der Waals surface area contributed by atoms with E-state index in [2.05, 4.69) is 20.4 Å². The molecule has 0 amide bonds. The highest BCUT2D eigenvalue weighted by atomic mass is 35.5. The maximum absolute atomic E-state index is 11.4. The maximum Gasteiger partial charge on any atom is 0.276 e. The molecule has 1 saturated heterocycles. The molecule has 5 nitrogen and oxygen atoms in total. The highest BCUT2D eigenvalue weighted by molar-refractivity contribution is 7.87. The van der Waals surface area contributed by atoms with Gasteiger partial charge in [-0.3, -0.25) is 0 Å². The van der Waals surface area contributed by atoms with E-state index in [4.69, 9.17) is 11.6 Å². The summed E-state index contributed by atoms with van der Waals surface area (Å²) >= 11 is 5.98. The molecule has 0 radical (unpaired) electrons. The molecule has 1 aromatic rings. The second kappa shape index (κ2) is 7.56. The van der Waals surface area contributed by atoms with E-state index < -0.39 is 10.2 Å². The molecular weight excluding hydrogens is 310 g/mol. The van der Waals surface area contributed by atoms with Gasteiger partial charge >= 0.3 is 0 Å². The fourth-order valence-electron chi connectivity index (χ4n) is 2.53. The molecule has 21 heavy (non-hydrogen) atoms. The van der Waals surface area contributed by atoms with Crippen LogP contribution in [-0.2, 0) is 16.6 Å². The minimum atomic E-state index is -3.33. The zero-order chi connectivity index (χ0) is 15.3. The summed E-state index contributed by atoms with van der Waals surface area (Å²) in [6.45, 7) is 2.81. The number of halogens is 1. The Hall–Kier alpha value is -0.660. The summed E-state index contributed by atoms with van der Waals surface area (Å²) < 4.78 is 27.8. The second-order valence-electron chi connectivity index (χ2n) is 5.32. The molecular formula is C14H22ClN3O2S. The van der Waals surface area contributed by atoms with Gasteiger partial charge in [-0.25, -0.2) is 4.72 Å². The van der Waals surface area contributed by atoms with Crippen molar-refractivity contribution in [2.24, 2.45) is 0 Å². The van der Waals surface area contributed by atoms with Crippen LogP contribution < -0.4 is 9.44 Å². The molecule has 0 unspecified atom stereocenters. The molecule has 1 aromatic carbocycles. The Morgan fingerprint density at radius 2 is 2.05 bits per heavy atom. The van der Waals surface area contributed by atoms with Crippen molar-refractivity contribution in [3.63, 3.8) is 0 Å². The molecule has 1 heterocycles. The molecule has 0 aromatic heterocycles. The van der Waals surface area contributed by atoms with Gasteiger partial charge in [0, 0.05) is 24.7 Å². The van der Waals surface area contributed by atoms with E-state index in [0.29, 0.717) is 0 Å². The van der Waals surface area contributed by atoms with Crippen LogP contribution in [0.1, 0.15) is 18.4 Å². The molecule has 118 valence electrons. The van der Waals surface area contributed by atoms with Gasteiger partial charge in [0.2, 0.25) is 0 Å². The first kappa shape index (κ1) is 16.7. The number of benzene rings is 1. The number of likely N-dealkylation sites (tertiary alicyclic amines) is 1. The Kier molecular flexibility index (Phi) is 6.01. The summed E-state index contributed by atoms with van der Waals surface area (Å²) in [5.41, 5.74) is 1.24. The summed E-state index contributed by atoms with van der Waals surface area (Å²) in [5.74, 6) is 0. The Morgan fingerprint density at radius 1 is 1.33 bits per heavy atom. The predicted octanol–water partition coefficient (Wildman–Crippen LogP) is 1.40. The Morgan fingerprint density at radius 3 is 2.67 bits per heavy atom. The molecule has 1 aliphatic heterocycles. The van der Waals surface area contributed by atoms with E-state index >= 15 is 0 Å². The summed E-state index contributed by atoms with van der Waals surface area (Å²) in [6.07, 6.45) is 2.65. The van der Waals surface area contributed by atoms with Crippen molar-refractivity contribution in [2.75, 3.05) is 26.7 Å². The smallest absolute Gasteiger partial charge is 0.276 e. The minimum absolute atomic E-state index is 0.0323. The van der Waals surface area contributed by atoms with Crippen LogP contribution in [0.15, 0.2) is 24.3 Å². The average Bonchev–Trinajstić information content (AvgIpc) is 2.46. The number of nitrogens with one attached hydrogen (secondary N) is 2. The quantitative estimate of drug-likeness (QED) is 0.828. The number of hydrogen-bond donors (Lipinski definition) is 2. The molecule has 0 atom stereocenters. The van der Waals surface area contributed by atoms with Crippen LogP contribution in [0.3, 0.4) is 0 Å². The van der Waals surface area contributed by atoms with Gasteiger partial charge in [0.1, 0.15) is 0 Å². The van der Waals surface area contributed by atoms with Crippen molar-refractivity contribution in [2.45, 2.75) is 25.3 Å². The third-order valence-corrected chi connectivity index (χ3v) is 5.20. The van der Waals surface area contributed by atoms with Crippen LogP contribution >= 0.6 is 11.6 Å². The minimum Gasteiger partial charge on any atom is -0.303 e. The summed E-state index contributed by atoms with van der Waals surface area (Å²) in [7, 11) is -1.91. The lowest BCUT2D eigenvalue weighted by atomic mass is 10.1. The molecule has 2 rings (SSSR count). The van der Waals surface area contributed by atoms with Gasteiger partial charge in [0.05, 0.1) is 0 Å². The molecule has 1 aliphatic rings. The number of nitrogens with zero attached hydrogens (tertiary/aromatic N) is 1. The van der Waals surface area contributed by atoms with E-state index in [9.17, 15) is 8.42 Å². The third kappa shape index (κ3) is 5.56. The van der Waals surface area contributed by atoms with Crippen LogP contribution in [0.4, 0.5) is 0 Å². The Balaban J connectivity index is 1.74. The average molecular weight is 332 g/mol. The summed E-state index contributed by atoms with van der Waals surface area (Å²) in [6, 6.07) is 7.96. The lowest BCUT2D eigenvalue weighted by Gasteiger charge is -2.32. The largest absolute Gasteiger partial charge is 0.303 e. The lowest BCUT2D eigenvalue weighted by molar-refractivity contribution is 0.209. The van der Waals surface area contributed by atoms with Gasteiger partial charge in [0.25, 0.3) is 10.2 Å². The summed E-state index contributed by atoms with van der Waals surface area (Å²) in [5, 5.41) is 0.771. The number of rotatable bonds is 6. The van der Waals surface area contributed by atoms with Gasteiger partial charge in [-0.2, -0.15) is 13.1 Å². The van der Waals surface area contributed by atoms with Crippen LogP contribution in [0.25, 0.3) is 0 Å². The first-order valence-electron chi connectivity index (χ1n) is 7.16. The van der Waals surface area contributed by atoms with E-state index in [1.165, 1.54) is 12.6 Å². The van der Waals surface area contributed by atoms with E-state index in [1.54, 1.807) is 0 Å². The van der Waals surface area contributed by atoms with Crippen molar-refractivity contribution in [1.29, 1.82) is 0 Å². The zero-order valence-corrected chi connectivity index (χ0v) is 13.8. The van der Waals surface area contributed by atoms with Crippen LogP contribution in [0.2, 0.25) is 5.02 Å². The molecule has 2 N–H and O–H groups in total. The topological polar surface area (TPSA) is 61.4 Å². The van der Waals surface area contributed by atoms with Gasteiger partial charge in [-0.15, -0.1) is 0 Å². The predicted molar refractivity (Wildman–Crippen MR) is 85.7 cm³/mol. The molecule has 0 bridgehead atoms. The molecule has 7 heteroatoms. The van der Waals surface area contributed by atoms with Crippen molar-refractivity contribution < 1.29 is 8.42 Å². The van der Waals surface area contributed by atoms with Crippen LogP contribution in [0.5, 0.6) is 0 Å². The van der Waals surface area contributed by atoms with Crippen LogP contribution in [-0.4, -0.2) is 46.0 Å². The highest BCUT2D eigenvalue weighted by Crippen LogP contribution is 2.14. The van der Waals surface area contributed by atoms with Gasteiger partial charge in [0.15, 0.2) is 0 Å². The standard InChI is InChI=1S/C14H22ClN3O2S/c1-16-21(19,20)17-14-6-9-18(10-7-14)8-5-12-3-2-4-13(15)11-12/h2-4,11,14,16-17H,5-10H2,1H3. The molecule has 0 saturated carbocycles. The Labute approximate surface area is 131 Å². The monoisotopic (exact) mass is 331 g/mol. The number of hydrogen-bond acceptors (Lipinski definition) is 3. The maximum atomic E-state index is 11.4. The first-order valence-corrected chi connectivity index (χ1v) is 9.02. The zero-order valence-electron chi connectivity index (χ0n) is 12.2. The van der Waals surface area contributed by atoms with Crippen molar-refractivity contribution in [3.05, 3.63) is 34.9 Å². The van der Waals surface area contributed by atoms with Crippen molar-refractivity contribution in [3.8, 4) is 0 Å². The van der Waals surface area contributed by atoms with E-state index in [-0.39, 0.29) is 6.04 Å². The number of piperidine rings is 1. The molecule has 1 fully saturated rings. The SMILES string of the molecule is CNS(=O)(=O)NC1CCN(CCc2cccc(Cl)c2)CC1. The van der Waals surface area contributed by atoms with E-state index in [1.807, 2.05) is 18.2 Å². The fourth-order valence-corrected chi connectivity index (χ4v) is 3.54. The first-order chi connectivity index (χ1) is 9.98. The fraction of sp³-hybridized carbons (Fsp3) is 0.571. The lowest BCUT2D eigenvalue weighted by Crippen LogP contribution is -2.47. The second-order valence-corrected chi connectivity index (χ2v) is 7.41. The molecule has 0 spiro atoms. The van der Waals surface area contributed by atoms with Crippen molar-refractivity contribution in [1.82, 2.24) is 14.3 Å². The van der Waals surface area contributed by atoms with Crippen molar-refractivity contribution >= 4 is 21.8 Å². The molecule has 0 aliphatic carbocycles. The normalized spacial score (nSPS) is 18.0. The van der Waals surface area contributed by atoms with Gasteiger partial charge in [-0.05, 0) is 50.0 Å².